The average molecular weight is 402 g/mol. The third-order valence-corrected chi connectivity index (χ3v) is 4.62. The predicted molar refractivity (Wildman–Crippen MR) is 98.5 cm³/mol. The Bertz CT molecular complexity index is 1060. The summed E-state index contributed by atoms with van der Waals surface area (Å²) < 4.78 is 47.8. The number of hydrogen-bond donors (Lipinski definition) is 1. The van der Waals surface area contributed by atoms with Crippen LogP contribution in [-0.4, -0.2) is 33.8 Å². The van der Waals surface area contributed by atoms with E-state index in [4.69, 9.17) is 4.74 Å². The second-order valence-electron chi connectivity index (χ2n) is 6.74. The summed E-state index contributed by atoms with van der Waals surface area (Å²) in [6.45, 7) is 0.360. The Balaban J connectivity index is 1.69. The average Bonchev–Trinajstić information content (AvgIpc) is 3.03. The molecule has 150 valence electrons. The fourth-order valence-corrected chi connectivity index (χ4v) is 3.23. The number of fused-ring (bicyclic) bond motifs is 1. The number of aromatic nitrogens is 3. The normalized spacial score (nSPS) is 14.0. The van der Waals surface area contributed by atoms with Crippen molar-refractivity contribution in [2.75, 3.05) is 13.2 Å². The third kappa shape index (κ3) is 3.94. The highest BCUT2D eigenvalue weighted by Crippen LogP contribution is 2.37. The molecule has 9 heteroatoms. The first-order valence-electron chi connectivity index (χ1n) is 8.90. The van der Waals surface area contributed by atoms with Crippen molar-refractivity contribution in [3.8, 4) is 17.0 Å². The highest BCUT2D eigenvalue weighted by Gasteiger charge is 2.35. The van der Waals surface area contributed by atoms with Gasteiger partial charge in [-0.2, -0.15) is 18.3 Å². The van der Waals surface area contributed by atoms with Gasteiger partial charge in [0.15, 0.2) is 0 Å². The lowest BCUT2D eigenvalue weighted by atomic mass is 9.96. The first-order chi connectivity index (χ1) is 13.8. The number of hydrogen-bond acceptors (Lipinski definition) is 4. The number of amides is 1. The smallest absolute Gasteiger partial charge is 0.416 e. The fourth-order valence-electron chi connectivity index (χ4n) is 3.23. The molecule has 1 aliphatic rings. The van der Waals surface area contributed by atoms with Crippen LogP contribution in [0.4, 0.5) is 13.2 Å². The summed E-state index contributed by atoms with van der Waals surface area (Å²) in [5.74, 6) is -0.501. The van der Waals surface area contributed by atoms with Crippen molar-refractivity contribution in [3.63, 3.8) is 0 Å². The minimum atomic E-state index is -4.57. The minimum absolute atomic E-state index is 0.00664. The molecule has 3 heterocycles. The SMILES string of the molecule is Cn1cc(-c2ccc(Cc3cc4c(cc3C(F)(F)F)OCCNC4=O)cn2)cn1. The second-order valence-corrected chi connectivity index (χ2v) is 6.74. The van der Waals surface area contributed by atoms with E-state index in [9.17, 15) is 18.0 Å². The van der Waals surface area contributed by atoms with E-state index >= 15 is 0 Å². The molecule has 0 saturated heterocycles. The van der Waals surface area contributed by atoms with Crippen LogP contribution in [0.1, 0.15) is 27.0 Å². The zero-order valence-electron chi connectivity index (χ0n) is 15.5. The van der Waals surface area contributed by atoms with E-state index in [0.29, 0.717) is 11.3 Å². The number of benzene rings is 1. The number of ether oxygens (including phenoxy) is 1. The molecule has 0 saturated carbocycles. The monoisotopic (exact) mass is 402 g/mol. The molecule has 1 aliphatic heterocycles. The summed E-state index contributed by atoms with van der Waals surface area (Å²) in [4.78, 5) is 16.5. The first-order valence-corrected chi connectivity index (χ1v) is 8.90. The molecular formula is C20H17F3N4O2. The molecule has 0 aliphatic carbocycles. The van der Waals surface area contributed by atoms with E-state index in [1.807, 2.05) is 0 Å². The molecule has 29 heavy (non-hydrogen) atoms. The van der Waals surface area contributed by atoms with E-state index < -0.39 is 17.6 Å². The van der Waals surface area contributed by atoms with Crippen molar-refractivity contribution >= 4 is 5.91 Å². The van der Waals surface area contributed by atoms with Gasteiger partial charge in [-0.05, 0) is 35.7 Å². The van der Waals surface area contributed by atoms with Gasteiger partial charge in [-0.1, -0.05) is 6.07 Å². The summed E-state index contributed by atoms with van der Waals surface area (Å²) >= 11 is 0. The Hall–Kier alpha value is -3.36. The summed E-state index contributed by atoms with van der Waals surface area (Å²) in [6, 6.07) is 5.62. The molecule has 3 aromatic rings. The molecule has 0 atom stereocenters. The molecular weight excluding hydrogens is 385 g/mol. The Kier molecular flexibility index (Phi) is 4.73. The van der Waals surface area contributed by atoms with Crippen molar-refractivity contribution < 1.29 is 22.7 Å². The second kappa shape index (κ2) is 7.23. The predicted octanol–water partition coefficient (Wildman–Crippen LogP) is 3.21. The van der Waals surface area contributed by atoms with Crippen LogP contribution in [0.15, 0.2) is 42.9 Å². The van der Waals surface area contributed by atoms with Gasteiger partial charge >= 0.3 is 6.18 Å². The molecule has 1 aromatic carbocycles. The van der Waals surface area contributed by atoms with E-state index in [1.165, 1.54) is 12.3 Å². The Morgan fingerprint density at radius 1 is 1.24 bits per heavy atom. The van der Waals surface area contributed by atoms with Gasteiger partial charge in [0.25, 0.3) is 5.91 Å². The number of carbonyl (C=O) groups excluding carboxylic acids is 1. The Labute approximate surface area is 164 Å². The molecule has 1 amide bonds. The van der Waals surface area contributed by atoms with Crippen LogP contribution in [0.25, 0.3) is 11.3 Å². The van der Waals surface area contributed by atoms with E-state index in [2.05, 4.69) is 15.4 Å². The minimum Gasteiger partial charge on any atom is -0.491 e. The van der Waals surface area contributed by atoms with Crippen LogP contribution >= 0.6 is 0 Å². The number of halogens is 3. The molecule has 0 spiro atoms. The van der Waals surface area contributed by atoms with Crippen molar-refractivity contribution in [1.29, 1.82) is 0 Å². The van der Waals surface area contributed by atoms with E-state index in [1.54, 1.807) is 36.3 Å². The Morgan fingerprint density at radius 3 is 2.72 bits per heavy atom. The molecule has 1 N–H and O–H groups in total. The maximum Gasteiger partial charge on any atom is 0.416 e. The summed E-state index contributed by atoms with van der Waals surface area (Å²) in [5, 5.41) is 6.69. The molecule has 6 nitrogen and oxygen atoms in total. The number of rotatable bonds is 3. The van der Waals surface area contributed by atoms with Crippen LogP contribution in [0.3, 0.4) is 0 Å². The van der Waals surface area contributed by atoms with E-state index in [0.717, 1.165) is 11.6 Å². The largest absolute Gasteiger partial charge is 0.491 e. The molecule has 0 radical (unpaired) electrons. The van der Waals surface area contributed by atoms with E-state index in [-0.39, 0.29) is 36.4 Å². The number of aryl methyl sites for hydroxylation is 1. The Morgan fingerprint density at radius 2 is 2.07 bits per heavy atom. The fraction of sp³-hybridized carbons (Fsp3) is 0.250. The number of pyridine rings is 1. The quantitative estimate of drug-likeness (QED) is 0.731. The maximum absolute atomic E-state index is 13.6. The zero-order chi connectivity index (χ0) is 20.6. The van der Waals surface area contributed by atoms with Gasteiger partial charge in [-0.25, -0.2) is 0 Å². The topological polar surface area (TPSA) is 69.0 Å². The molecule has 4 rings (SSSR count). The number of carbonyl (C=O) groups is 1. The van der Waals surface area contributed by atoms with Crippen molar-refractivity contribution in [2.24, 2.45) is 7.05 Å². The summed E-state index contributed by atoms with van der Waals surface area (Å²) in [5.41, 5.74) is 1.36. The zero-order valence-corrected chi connectivity index (χ0v) is 15.5. The van der Waals surface area contributed by atoms with Gasteiger partial charge in [0.1, 0.15) is 12.4 Å². The number of nitrogens with one attached hydrogen (secondary N) is 1. The van der Waals surface area contributed by atoms with Crippen LogP contribution in [0.2, 0.25) is 0 Å². The highest BCUT2D eigenvalue weighted by molar-refractivity contribution is 5.97. The standard InChI is InChI=1S/C20H17F3N4O2/c1-27-11-14(10-26-27)17-3-2-12(9-25-17)6-13-7-15-18(8-16(13)20(21,22)23)29-5-4-24-19(15)28/h2-3,7-11H,4-6H2,1H3,(H,24,28). The van der Waals surface area contributed by atoms with Gasteiger partial charge in [-0.15, -0.1) is 0 Å². The number of alkyl halides is 3. The lowest BCUT2D eigenvalue weighted by Crippen LogP contribution is -2.24. The molecule has 2 aromatic heterocycles. The molecule has 0 unspecified atom stereocenters. The summed E-state index contributed by atoms with van der Waals surface area (Å²) in [6.07, 6.45) is 0.406. The van der Waals surface area contributed by atoms with Crippen LogP contribution in [0, 0.1) is 0 Å². The first kappa shape index (κ1) is 19.0. The lowest BCUT2D eigenvalue weighted by Gasteiger charge is -2.16. The summed E-state index contributed by atoms with van der Waals surface area (Å²) in [7, 11) is 1.79. The van der Waals surface area contributed by atoms with Gasteiger partial charge < -0.3 is 10.1 Å². The van der Waals surface area contributed by atoms with Crippen molar-refractivity contribution in [3.05, 3.63) is 65.1 Å². The van der Waals surface area contributed by atoms with Gasteiger partial charge in [0, 0.05) is 25.0 Å². The van der Waals surface area contributed by atoms with Gasteiger partial charge in [0.05, 0.1) is 29.6 Å². The number of nitrogens with zero attached hydrogens (tertiary/aromatic N) is 3. The van der Waals surface area contributed by atoms with Gasteiger partial charge in [-0.3, -0.25) is 14.5 Å². The lowest BCUT2D eigenvalue weighted by molar-refractivity contribution is -0.138. The third-order valence-electron chi connectivity index (χ3n) is 4.62. The van der Waals surface area contributed by atoms with Crippen molar-refractivity contribution in [1.82, 2.24) is 20.1 Å². The van der Waals surface area contributed by atoms with Gasteiger partial charge in [0.2, 0.25) is 0 Å². The van der Waals surface area contributed by atoms with Crippen LogP contribution in [-0.2, 0) is 19.6 Å². The van der Waals surface area contributed by atoms with Crippen molar-refractivity contribution in [2.45, 2.75) is 12.6 Å². The molecule has 0 fully saturated rings. The highest BCUT2D eigenvalue weighted by atomic mass is 19.4. The maximum atomic E-state index is 13.6. The molecule has 0 bridgehead atoms. The van der Waals surface area contributed by atoms with Crippen LogP contribution in [0.5, 0.6) is 5.75 Å². The van der Waals surface area contributed by atoms with Crippen LogP contribution < -0.4 is 10.1 Å².